The van der Waals surface area contributed by atoms with E-state index in [9.17, 15) is 36.1 Å². The van der Waals surface area contributed by atoms with Gasteiger partial charge in [-0.2, -0.15) is 16.8 Å². The van der Waals surface area contributed by atoms with Gasteiger partial charge in [0.2, 0.25) is 0 Å². The van der Waals surface area contributed by atoms with Crippen molar-refractivity contribution < 1.29 is 30.9 Å². The molecule has 0 bridgehead atoms. The Morgan fingerprint density at radius 1 is 0.926 bits per heavy atom. The zero-order valence-corrected chi connectivity index (χ0v) is 14.9. The summed E-state index contributed by atoms with van der Waals surface area (Å²) < 4.78 is 64.6. The third-order valence-corrected chi connectivity index (χ3v) is 5.21. The summed E-state index contributed by atoms with van der Waals surface area (Å²) in [6, 6.07) is 6.48. The second-order valence-corrected chi connectivity index (χ2v) is 7.94. The van der Waals surface area contributed by atoms with E-state index in [-0.39, 0.29) is 16.8 Å². The van der Waals surface area contributed by atoms with Gasteiger partial charge >= 0.3 is 0 Å². The Balaban J connectivity index is 2.61. The first kappa shape index (κ1) is 20.5. The smallest absolute Gasteiger partial charge is 0.295 e. The van der Waals surface area contributed by atoms with Crippen molar-refractivity contribution >= 4 is 43.8 Å². The molecule has 0 aromatic heterocycles. The van der Waals surface area contributed by atoms with Crippen LogP contribution in [0.25, 0.3) is 12.2 Å². The SMILES string of the molecule is NNc1ccc(C=Cc2ccc([N+](=O)[O-])cc2S(=O)(=O)O)c(S(=O)(=O)O)c1. The van der Waals surface area contributed by atoms with Crippen LogP contribution in [0.1, 0.15) is 11.1 Å². The number of benzene rings is 2. The van der Waals surface area contributed by atoms with Crippen LogP contribution in [0.4, 0.5) is 11.4 Å². The highest BCUT2D eigenvalue weighted by molar-refractivity contribution is 7.86. The van der Waals surface area contributed by atoms with E-state index in [1.54, 1.807) is 0 Å². The highest BCUT2D eigenvalue weighted by Gasteiger charge is 2.19. The molecule has 0 fully saturated rings. The summed E-state index contributed by atoms with van der Waals surface area (Å²) in [5, 5.41) is 10.8. The lowest BCUT2D eigenvalue weighted by Crippen LogP contribution is -2.08. The Bertz CT molecular complexity index is 1140. The minimum atomic E-state index is -4.79. The maximum Gasteiger partial charge on any atom is 0.295 e. The molecule has 2 rings (SSSR count). The molecule has 0 unspecified atom stereocenters. The monoisotopic (exact) mass is 415 g/mol. The molecule has 5 N–H and O–H groups in total. The number of hydrogen-bond acceptors (Lipinski definition) is 8. The molecule has 0 saturated carbocycles. The fourth-order valence-corrected chi connectivity index (χ4v) is 3.58. The molecule has 27 heavy (non-hydrogen) atoms. The van der Waals surface area contributed by atoms with Crippen molar-refractivity contribution in [2.75, 3.05) is 5.43 Å². The third kappa shape index (κ3) is 4.87. The molecule has 0 saturated heterocycles. The van der Waals surface area contributed by atoms with E-state index >= 15 is 0 Å². The maximum absolute atomic E-state index is 11.5. The normalized spacial score (nSPS) is 12.3. The number of nitrogens with two attached hydrogens (primary N) is 1. The first-order valence-electron chi connectivity index (χ1n) is 6.95. The van der Waals surface area contributed by atoms with Crippen LogP contribution in [0, 0.1) is 10.1 Å². The zero-order chi connectivity index (χ0) is 20.4. The number of hydrazine groups is 1. The predicted molar refractivity (Wildman–Crippen MR) is 95.9 cm³/mol. The number of nitro groups is 1. The summed E-state index contributed by atoms with van der Waals surface area (Å²) in [5.41, 5.74) is 1.69. The molecule has 2 aromatic carbocycles. The Kier molecular flexibility index (Phi) is 5.62. The minimum Gasteiger partial charge on any atom is -0.324 e. The third-order valence-electron chi connectivity index (χ3n) is 3.39. The molecule has 0 heterocycles. The van der Waals surface area contributed by atoms with Gasteiger partial charge in [-0.3, -0.25) is 25.1 Å². The molecule has 0 spiro atoms. The fourth-order valence-electron chi connectivity index (χ4n) is 2.16. The molecule has 0 aliphatic rings. The Morgan fingerprint density at radius 2 is 1.41 bits per heavy atom. The number of nitrogens with one attached hydrogen (secondary N) is 1. The van der Waals surface area contributed by atoms with Gasteiger partial charge in [-0.25, -0.2) is 0 Å². The van der Waals surface area contributed by atoms with Crippen molar-refractivity contribution in [1.82, 2.24) is 0 Å². The van der Waals surface area contributed by atoms with Gasteiger partial charge < -0.3 is 5.43 Å². The number of rotatable bonds is 6. The van der Waals surface area contributed by atoms with Crippen LogP contribution in [-0.2, 0) is 20.2 Å². The van der Waals surface area contributed by atoms with Crippen molar-refractivity contribution in [2.24, 2.45) is 5.84 Å². The highest BCUT2D eigenvalue weighted by Crippen LogP contribution is 2.26. The molecule has 0 radical (unpaired) electrons. The number of hydrogen-bond donors (Lipinski definition) is 4. The molecule has 0 atom stereocenters. The number of nitrogens with zero attached hydrogens (tertiary/aromatic N) is 1. The largest absolute Gasteiger partial charge is 0.324 e. The lowest BCUT2D eigenvalue weighted by Gasteiger charge is -2.07. The standard InChI is InChI=1S/C14H13N3O8S2/c15-16-11-5-3-9(13(7-11)26(20,21)22)1-2-10-4-6-12(17(18)19)8-14(10)27(23,24)25/h1-8,16H,15H2,(H,20,21,22)(H,23,24,25). The molecular formula is C14H13N3O8S2. The molecule has 11 nitrogen and oxygen atoms in total. The summed E-state index contributed by atoms with van der Waals surface area (Å²) in [4.78, 5) is 8.71. The summed E-state index contributed by atoms with van der Waals surface area (Å²) in [6.45, 7) is 0. The Labute approximate surface area is 153 Å². The van der Waals surface area contributed by atoms with E-state index in [1.807, 2.05) is 0 Å². The van der Waals surface area contributed by atoms with Gasteiger partial charge in [-0.05, 0) is 29.3 Å². The van der Waals surface area contributed by atoms with Crippen LogP contribution in [0.2, 0.25) is 0 Å². The topological polar surface area (TPSA) is 190 Å². The van der Waals surface area contributed by atoms with Gasteiger partial charge in [0.15, 0.2) is 0 Å². The van der Waals surface area contributed by atoms with E-state index < -0.39 is 40.6 Å². The first-order valence-corrected chi connectivity index (χ1v) is 9.83. The first-order chi connectivity index (χ1) is 12.4. The van der Waals surface area contributed by atoms with E-state index in [0.717, 1.165) is 30.4 Å². The van der Waals surface area contributed by atoms with Crippen LogP contribution < -0.4 is 11.3 Å². The number of non-ortho nitro benzene ring substituents is 1. The minimum absolute atomic E-state index is 0.0175. The fraction of sp³-hybridized carbons (Fsp3) is 0. The average Bonchev–Trinajstić information content (AvgIpc) is 2.58. The molecular weight excluding hydrogens is 402 g/mol. The lowest BCUT2D eigenvalue weighted by atomic mass is 10.1. The van der Waals surface area contributed by atoms with Crippen molar-refractivity contribution in [1.29, 1.82) is 0 Å². The van der Waals surface area contributed by atoms with Crippen LogP contribution in [-0.4, -0.2) is 30.9 Å². The molecule has 13 heteroatoms. The molecule has 0 aliphatic carbocycles. The van der Waals surface area contributed by atoms with Gasteiger partial charge in [-0.15, -0.1) is 0 Å². The van der Waals surface area contributed by atoms with E-state index in [2.05, 4.69) is 5.43 Å². The van der Waals surface area contributed by atoms with Crippen molar-refractivity contribution in [3.8, 4) is 0 Å². The predicted octanol–water partition coefficient (Wildman–Crippen LogP) is 1.54. The van der Waals surface area contributed by atoms with Gasteiger partial charge in [0.1, 0.15) is 9.79 Å². The van der Waals surface area contributed by atoms with Crippen LogP contribution >= 0.6 is 0 Å². The summed E-state index contributed by atoms with van der Waals surface area (Å²) >= 11 is 0. The van der Waals surface area contributed by atoms with Gasteiger partial charge in [0.25, 0.3) is 25.9 Å². The van der Waals surface area contributed by atoms with Crippen molar-refractivity contribution in [3.05, 3.63) is 57.6 Å². The number of nitro benzene ring substituents is 1. The van der Waals surface area contributed by atoms with Gasteiger partial charge in [0, 0.05) is 17.8 Å². The second kappa shape index (κ2) is 7.42. The summed E-state index contributed by atoms with van der Waals surface area (Å²) in [5.74, 6) is 5.19. The summed E-state index contributed by atoms with van der Waals surface area (Å²) in [7, 11) is -9.42. The van der Waals surface area contributed by atoms with E-state index in [1.165, 1.54) is 12.1 Å². The van der Waals surface area contributed by atoms with Gasteiger partial charge in [0.05, 0.1) is 4.92 Å². The molecule has 144 valence electrons. The Morgan fingerprint density at radius 3 is 1.85 bits per heavy atom. The van der Waals surface area contributed by atoms with E-state index in [0.29, 0.717) is 6.07 Å². The summed E-state index contributed by atoms with van der Waals surface area (Å²) in [6.07, 6.45) is 2.27. The van der Waals surface area contributed by atoms with Crippen LogP contribution in [0.3, 0.4) is 0 Å². The Hall–Kier alpha value is -2.84. The van der Waals surface area contributed by atoms with Crippen molar-refractivity contribution in [2.45, 2.75) is 9.79 Å². The van der Waals surface area contributed by atoms with E-state index in [4.69, 9.17) is 5.84 Å². The van der Waals surface area contributed by atoms with Crippen LogP contribution in [0.5, 0.6) is 0 Å². The molecule has 2 aromatic rings. The highest BCUT2D eigenvalue weighted by atomic mass is 32.2. The molecule has 0 amide bonds. The maximum atomic E-state index is 11.5. The van der Waals surface area contributed by atoms with Crippen molar-refractivity contribution in [3.63, 3.8) is 0 Å². The van der Waals surface area contributed by atoms with Gasteiger partial charge in [-0.1, -0.05) is 18.2 Å². The zero-order valence-electron chi connectivity index (χ0n) is 13.3. The second-order valence-electron chi connectivity index (χ2n) is 5.16. The van der Waals surface area contributed by atoms with Crippen LogP contribution in [0.15, 0.2) is 46.2 Å². The number of nitrogen functional groups attached to an aromatic ring is 1. The lowest BCUT2D eigenvalue weighted by molar-refractivity contribution is -0.385. The average molecular weight is 415 g/mol. The quantitative estimate of drug-likeness (QED) is 0.177. The molecule has 0 aliphatic heterocycles. The number of anilines is 1.